The second kappa shape index (κ2) is 9.54. The summed E-state index contributed by atoms with van der Waals surface area (Å²) in [6, 6.07) is 9.29. The molecule has 10 heteroatoms. The normalized spacial score (nSPS) is 10.6. The van der Waals surface area contributed by atoms with E-state index in [1.54, 1.807) is 29.2 Å². The van der Waals surface area contributed by atoms with E-state index in [9.17, 15) is 9.59 Å². The van der Waals surface area contributed by atoms with E-state index < -0.39 is 5.97 Å². The molecule has 1 aromatic carbocycles. The summed E-state index contributed by atoms with van der Waals surface area (Å²) in [5.74, 6) is -0.240. The highest BCUT2D eigenvalue weighted by Gasteiger charge is 2.16. The van der Waals surface area contributed by atoms with Crippen molar-refractivity contribution in [3.63, 3.8) is 0 Å². The molecule has 3 aromatic heterocycles. The predicted octanol–water partition coefficient (Wildman–Crippen LogP) is 3.90. The molecule has 0 saturated heterocycles. The number of aryl methyl sites for hydroxylation is 1. The van der Waals surface area contributed by atoms with Crippen molar-refractivity contribution in [2.45, 2.75) is 20.0 Å². The van der Waals surface area contributed by atoms with Crippen LogP contribution in [0.5, 0.6) is 0 Å². The Morgan fingerprint density at radius 1 is 1.03 bits per heavy atom. The molecule has 0 fully saturated rings. The maximum atomic E-state index is 12.3. The summed E-state index contributed by atoms with van der Waals surface area (Å²) < 4.78 is 5.30. The number of hydrogen-bond donors (Lipinski definition) is 1. The number of ether oxygens (including phenoxy) is 1. The lowest BCUT2D eigenvalue weighted by Gasteiger charge is -2.06. The number of carbonyl (C=O) groups excluding carboxylic acids is 2. The first-order valence-electron chi connectivity index (χ1n) is 9.27. The molecule has 0 spiro atoms. The molecular weight excluding hydrogens is 434 g/mol. The third kappa shape index (κ3) is 5.36. The second-order valence-corrected chi connectivity index (χ2v) is 8.26. The number of rotatable bonds is 7. The molecule has 31 heavy (non-hydrogen) atoms. The van der Waals surface area contributed by atoms with Gasteiger partial charge in [-0.05, 0) is 24.6 Å². The van der Waals surface area contributed by atoms with Gasteiger partial charge in [-0.2, -0.15) is 0 Å². The van der Waals surface area contributed by atoms with Crippen molar-refractivity contribution in [2.75, 3.05) is 5.32 Å². The fourth-order valence-corrected chi connectivity index (χ4v) is 4.15. The average Bonchev–Trinajstić information content (AvgIpc) is 3.44. The van der Waals surface area contributed by atoms with Crippen LogP contribution in [0.25, 0.3) is 10.8 Å². The van der Waals surface area contributed by atoms with Crippen LogP contribution in [0.15, 0.2) is 53.5 Å². The van der Waals surface area contributed by atoms with Gasteiger partial charge in [-0.1, -0.05) is 18.2 Å². The molecule has 4 aromatic rings. The monoisotopic (exact) mass is 451 g/mol. The molecule has 0 aliphatic carbocycles. The van der Waals surface area contributed by atoms with Crippen LogP contribution < -0.4 is 5.32 Å². The Balaban J connectivity index is 1.30. The van der Waals surface area contributed by atoms with Gasteiger partial charge in [0.1, 0.15) is 11.6 Å². The van der Waals surface area contributed by atoms with Crippen molar-refractivity contribution in [3.05, 3.63) is 75.4 Å². The molecule has 0 saturated carbocycles. The van der Waals surface area contributed by atoms with Crippen molar-refractivity contribution < 1.29 is 14.3 Å². The Morgan fingerprint density at radius 3 is 2.65 bits per heavy atom. The Kier molecular flexibility index (Phi) is 6.39. The highest BCUT2D eigenvalue weighted by atomic mass is 32.1. The number of carbonyl (C=O) groups is 2. The number of benzene rings is 1. The number of amides is 1. The largest absolute Gasteiger partial charge is 0.454 e. The van der Waals surface area contributed by atoms with Crippen LogP contribution in [0.3, 0.4) is 0 Å². The number of aromatic nitrogens is 4. The van der Waals surface area contributed by atoms with E-state index >= 15 is 0 Å². The van der Waals surface area contributed by atoms with E-state index in [0.717, 1.165) is 11.3 Å². The summed E-state index contributed by atoms with van der Waals surface area (Å²) in [6.07, 6.45) is 3.38. The van der Waals surface area contributed by atoms with Gasteiger partial charge >= 0.3 is 5.97 Å². The van der Waals surface area contributed by atoms with Crippen molar-refractivity contribution >= 4 is 40.2 Å². The van der Waals surface area contributed by atoms with E-state index in [0.29, 0.717) is 21.5 Å². The van der Waals surface area contributed by atoms with Crippen LogP contribution in [0.4, 0.5) is 5.69 Å². The Labute approximate surface area is 186 Å². The summed E-state index contributed by atoms with van der Waals surface area (Å²) in [6.45, 7) is 1.94. The lowest BCUT2D eigenvalue weighted by Crippen LogP contribution is -2.15. The Hall–Kier alpha value is -3.50. The van der Waals surface area contributed by atoms with Crippen molar-refractivity contribution in [3.8, 4) is 10.8 Å². The van der Waals surface area contributed by atoms with Gasteiger partial charge in [0.2, 0.25) is 5.91 Å². The molecule has 1 N–H and O–H groups in total. The minimum atomic E-state index is -0.551. The van der Waals surface area contributed by atoms with Gasteiger partial charge in [-0.25, -0.2) is 24.7 Å². The molecular formula is C21H17N5O3S2. The SMILES string of the molecule is Cc1ccccc1NC(=O)Cc1nc(COC(=O)c2csc(-c3ncccn3)n2)cs1. The minimum absolute atomic E-state index is 0.00342. The lowest BCUT2D eigenvalue weighted by atomic mass is 10.2. The first kappa shape index (κ1) is 20.8. The quantitative estimate of drug-likeness (QED) is 0.425. The van der Waals surface area contributed by atoms with Crippen LogP contribution in [-0.2, 0) is 22.6 Å². The van der Waals surface area contributed by atoms with Crippen molar-refractivity contribution in [1.29, 1.82) is 0 Å². The average molecular weight is 452 g/mol. The van der Waals surface area contributed by atoms with Gasteiger partial charge in [0.25, 0.3) is 0 Å². The molecule has 4 rings (SSSR count). The van der Waals surface area contributed by atoms with Crippen LogP contribution >= 0.6 is 22.7 Å². The number of thiazole rings is 2. The summed E-state index contributed by atoms with van der Waals surface area (Å²) in [7, 11) is 0. The van der Waals surface area contributed by atoms with Crippen LogP contribution in [0.2, 0.25) is 0 Å². The second-order valence-electron chi connectivity index (χ2n) is 6.46. The number of anilines is 1. The van der Waals surface area contributed by atoms with Gasteiger partial charge in [-0.3, -0.25) is 4.79 Å². The zero-order valence-electron chi connectivity index (χ0n) is 16.4. The summed E-state index contributed by atoms with van der Waals surface area (Å²) in [4.78, 5) is 41.4. The van der Waals surface area contributed by atoms with Crippen molar-refractivity contribution in [1.82, 2.24) is 19.9 Å². The number of nitrogens with zero attached hydrogens (tertiary/aromatic N) is 4. The van der Waals surface area contributed by atoms with E-state index in [1.165, 1.54) is 22.7 Å². The Bertz CT molecular complexity index is 1210. The minimum Gasteiger partial charge on any atom is -0.454 e. The van der Waals surface area contributed by atoms with Crippen LogP contribution in [-0.4, -0.2) is 31.8 Å². The molecule has 0 bridgehead atoms. The third-order valence-electron chi connectivity index (χ3n) is 4.15. The molecule has 0 aliphatic heterocycles. The highest BCUT2D eigenvalue weighted by molar-refractivity contribution is 7.13. The number of esters is 1. The smallest absolute Gasteiger partial charge is 0.358 e. The van der Waals surface area contributed by atoms with Gasteiger partial charge in [0, 0.05) is 28.8 Å². The topological polar surface area (TPSA) is 107 Å². The van der Waals surface area contributed by atoms with E-state index in [4.69, 9.17) is 4.74 Å². The zero-order chi connectivity index (χ0) is 21.6. The van der Waals surface area contributed by atoms with Crippen LogP contribution in [0.1, 0.15) is 26.8 Å². The predicted molar refractivity (Wildman–Crippen MR) is 118 cm³/mol. The zero-order valence-corrected chi connectivity index (χ0v) is 18.1. The van der Waals surface area contributed by atoms with E-state index in [1.807, 2.05) is 31.2 Å². The van der Waals surface area contributed by atoms with E-state index in [2.05, 4.69) is 25.3 Å². The van der Waals surface area contributed by atoms with Gasteiger partial charge in [-0.15, -0.1) is 22.7 Å². The molecule has 0 aliphatic rings. The number of hydrogen-bond acceptors (Lipinski definition) is 9. The fourth-order valence-electron chi connectivity index (χ4n) is 2.63. The van der Waals surface area contributed by atoms with Gasteiger partial charge in [0.05, 0.1) is 12.1 Å². The Morgan fingerprint density at radius 2 is 1.84 bits per heavy atom. The lowest BCUT2D eigenvalue weighted by molar-refractivity contribution is -0.115. The van der Waals surface area contributed by atoms with E-state index in [-0.39, 0.29) is 24.6 Å². The first-order valence-corrected chi connectivity index (χ1v) is 11.0. The molecule has 0 atom stereocenters. The molecule has 156 valence electrons. The number of nitrogens with one attached hydrogen (secondary N) is 1. The first-order chi connectivity index (χ1) is 15.1. The molecule has 0 unspecified atom stereocenters. The van der Waals surface area contributed by atoms with Gasteiger partial charge in [0.15, 0.2) is 16.5 Å². The summed E-state index contributed by atoms with van der Waals surface area (Å²) in [5, 5.41) is 7.45. The number of para-hydroxylation sites is 1. The molecule has 1 amide bonds. The molecule has 0 radical (unpaired) electrons. The summed E-state index contributed by atoms with van der Waals surface area (Å²) in [5.41, 5.74) is 2.55. The summed E-state index contributed by atoms with van der Waals surface area (Å²) >= 11 is 2.62. The van der Waals surface area contributed by atoms with Crippen LogP contribution in [0, 0.1) is 6.92 Å². The maximum Gasteiger partial charge on any atom is 0.358 e. The molecule has 3 heterocycles. The maximum absolute atomic E-state index is 12.3. The molecule has 8 nitrogen and oxygen atoms in total. The fraction of sp³-hybridized carbons (Fsp3) is 0.143. The standard InChI is InChI=1S/C21H17N5O3S2/c1-13-5-2-3-6-15(13)25-17(27)9-18-24-14(11-30-18)10-29-21(28)16-12-31-20(26-16)19-22-7-4-8-23-19/h2-8,11-12H,9-10H2,1H3,(H,25,27). The third-order valence-corrected chi connectivity index (χ3v) is 5.89. The van der Waals surface area contributed by atoms with Crippen molar-refractivity contribution in [2.24, 2.45) is 0 Å². The van der Waals surface area contributed by atoms with Gasteiger partial charge < -0.3 is 10.1 Å². The highest BCUT2D eigenvalue weighted by Crippen LogP contribution is 2.21.